The van der Waals surface area contributed by atoms with E-state index in [2.05, 4.69) is 10.3 Å². The molecule has 0 spiro atoms. The lowest BCUT2D eigenvalue weighted by Crippen LogP contribution is -2.54. The van der Waals surface area contributed by atoms with Crippen LogP contribution in [0.15, 0.2) is 36.4 Å². The first-order chi connectivity index (χ1) is 18.2. The SMILES string of the molecule is O=C1NC(=O)c2c1c1c3cc(F)ccc3[nH]c1c1c2c2cc(F)ccc2n1C1O[C@H](CF)[C@@H](F)[C@H](O)[C@H]1O. The Morgan fingerprint density at radius 2 is 1.58 bits per heavy atom. The van der Waals surface area contributed by atoms with Gasteiger partial charge in [0, 0.05) is 27.1 Å². The molecule has 1 fully saturated rings. The zero-order valence-electron chi connectivity index (χ0n) is 19.1. The number of alkyl halides is 2. The standard InChI is InChI=1S/C26H17F4N3O5/c27-7-14-19(30)22(34)23(35)26(38-14)33-13-4-2-9(29)6-11(13)16-18-17(24(36)32-25(18)37)15-10-5-8(28)1-3-12(10)31-20(15)21(16)33/h1-6,14,19,22-23,26,31,34-35H,7H2,(H,32,36,37)/t14-,19-,22+,23-,26?/m1/s1. The van der Waals surface area contributed by atoms with E-state index in [0.717, 1.165) is 12.1 Å². The molecule has 8 nitrogen and oxygen atoms in total. The third-order valence-electron chi connectivity index (χ3n) is 7.44. The summed E-state index contributed by atoms with van der Waals surface area (Å²) in [4.78, 5) is 29.2. The Kier molecular flexibility index (Phi) is 4.72. The molecule has 2 aliphatic heterocycles. The van der Waals surface area contributed by atoms with Gasteiger partial charge in [0.05, 0.1) is 27.7 Å². The van der Waals surface area contributed by atoms with Crippen LogP contribution in [-0.2, 0) is 4.74 Å². The van der Waals surface area contributed by atoms with Crippen LogP contribution in [0.5, 0.6) is 0 Å². The van der Waals surface area contributed by atoms with Gasteiger partial charge in [-0.25, -0.2) is 17.6 Å². The first-order valence-electron chi connectivity index (χ1n) is 11.7. The Balaban J connectivity index is 1.72. The molecule has 2 amide bonds. The van der Waals surface area contributed by atoms with Crippen molar-refractivity contribution in [3.8, 4) is 0 Å². The number of carbonyl (C=O) groups excluding carboxylic acids is 2. The molecule has 3 aromatic carbocycles. The van der Waals surface area contributed by atoms with Gasteiger partial charge in [-0.15, -0.1) is 0 Å². The minimum atomic E-state index is -2.22. The minimum Gasteiger partial charge on any atom is -0.387 e. The lowest BCUT2D eigenvalue weighted by Gasteiger charge is -2.39. The van der Waals surface area contributed by atoms with Crippen molar-refractivity contribution in [3.63, 3.8) is 0 Å². The van der Waals surface area contributed by atoms with E-state index in [4.69, 9.17) is 4.74 Å². The largest absolute Gasteiger partial charge is 0.387 e. The molecule has 4 heterocycles. The molecule has 2 aliphatic rings. The second kappa shape index (κ2) is 7.76. The fourth-order valence-electron chi connectivity index (χ4n) is 5.83. The van der Waals surface area contributed by atoms with Crippen LogP contribution in [0.2, 0.25) is 0 Å². The highest BCUT2D eigenvalue weighted by Crippen LogP contribution is 2.46. The number of aliphatic hydroxyl groups excluding tert-OH is 2. The zero-order valence-corrected chi connectivity index (χ0v) is 19.1. The third kappa shape index (κ3) is 2.84. The second-order valence-electron chi connectivity index (χ2n) is 9.50. The maximum Gasteiger partial charge on any atom is 0.259 e. The van der Waals surface area contributed by atoms with Gasteiger partial charge in [0.25, 0.3) is 11.8 Å². The summed E-state index contributed by atoms with van der Waals surface area (Å²) in [5.74, 6) is -2.79. The smallest absolute Gasteiger partial charge is 0.259 e. The van der Waals surface area contributed by atoms with Crippen LogP contribution >= 0.6 is 0 Å². The molecule has 0 radical (unpaired) electrons. The molecule has 1 unspecified atom stereocenters. The van der Waals surface area contributed by atoms with Crippen LogP contribution in [0.4, 0.5) is 17.6 Å². The molecular weight excluding hydrogens is 510 g/mol. The van der Waals surface area contributed by atoms with Crippen LogP contribution in [0, 0.1) is 11.6 Å². The molecule has 4 N–H and O–H groups in total. The van der Waals surface area contributed by atoms with Crippen molar-refractivity contribution < 1.29 is 42.1 Å². The number of aromatic nitrogens is 2. The van der Waals surface area contributed by atoms with Crippen molar-refractivity contribution in [2.24, 2.45) is 0 Å². The summed E-state index contributed by atoms with van der Waals surface area (Å²) in [5, 5.41) is 24.2. The van der Waals surface area contributed by atoms with Crippen molar-refractivity contribution in [1.82, 2.24) is 14.9 Å². The van der Waals surface area contributed by atoms with Crippen molar-refractivity contribution >= 4 is 55.4 Å². The van der Waals surface area contributed by atoms with Crippen molar-refractivity contribution in [2.45, 2.75) is 30.7 Å². The first-order valence-corrected chi connectivity index (χ1v) is 11.7. The van der Waals surface area contributed by atoms with E-state index in [0.29, 0.717) is 5.52 Å². The van der Waals surface area contributed by atoms with Gasteiger partial charge in [-0.05, 0) is 36.4 Å². The average Bonchev–Trinajstić information content (AvgIpc) is 3.51. The van der Waals surface area contributed by atoms with Gasteiger partial charge in [-0.3, -0.25) is 14.9 Å². The van der Waals surface area contributed by atoms with E-state index < -0.39 is 60.8 Å². The summed E-state index contributed by atoms with van der Waals surface area (Å²) in [6.45, 7) is -1.30. The monoisotopic (exact) mass is 527 g/mol. The molecule has 5 aromatic rings. The number of aromatic amines is 1. The average molecular weight is 527 g/mol. The van der Waals surface area contributed by atoms with Gasteiger partial charge >= 0.3 is 0 Å². The second-order valence-corrected chi connectivity index (χ2v) is 9.50. The lowest BCUT2D eigenvalue weighted by molar-refractivity contribution is -0.229. The third-order valence-corrected chi connectivity index (χ3v) is 7.44. The van der Waals surface area contributed by atoms with Gasteiger partial charge in [0.15, 0.2) is 12.4 Å². The summed E-state index contributed by atoms with van der Waals surface area (Å²) < 4.78 is 63.9. The molecular formula is C26H17F4N3O5. The predicted molar refractivity (Wildman–Crippen MR) is 127 cm³/mol. The first kappa shape index (κ1) is 23.1. The summed E-state index contributed by atoms with van der Waals surface area (Å²) in [6.07, 6.45) is -9.43. The Morgan fingerprint density at radius 1 is 0.921 bits per heavy atom. The Morgan fingerprint density at radius 3 is 2.29 bits per heavy atom. The van der Waals surface area contributed by atoms with Gasteiger partial charge in [-0.2, -0.15) is 0 Å². The summed E-state index contributed by atoms with van der Waals surface area (Å²) in [6, 6.07) is 7.38. The number of carbonyl (C=O) groups is 2. The number of hydrogen-bond donors (Lipinski definition) is 4. The molecule has 7 rings (SSSR count). The van der Waals surface area contributed by atoms with Gasteiger partial charge < -0.3 is 24.5 Å². The van der Waals surface area contributed by atoms with Crippen LogP contribution in [0.25, 0.3) is 43.6 Å². The molecule has 38 heavy (non-hydrogen) atoms. The highest BCUT2D eigenvalue weighted by atomic mass is 19.1. The fraction of sp³-hybridized carbons (Fsp3) is 0.231. The zero-order chi connectivity index (χ0) is 26.6. The topological polar surface area (TPSA) is 117 Å². The molecule has 12 heteroatoms. The van der Waals surface area contributed by atoms with E-state index in [1.165, 1.54) is 28.8 Å². The number of amides is 2. The van der Waals surface area contributed by atoms with Crippen molar-refractivity contribution in [2.75, 3.05) is 6.67 Å². The normalized spacial score (nSPS) is 25.7. The number of H-pyrrole nitrogens is 1. The van der Waals surface area contributed by atoms with Gasteiger partial charge in [0.2, 0.25) is 0 Å². The number of nitrogens with zero attached hydrogens (tertiary/aromatic N) is 1. The fourth-order valence-corrected chi connectivity index (χ4v) is 5.83. The van der Waals surface area contributed by atoms with E-state index in [-0.39, 0.29) is 49.2 Å². The number of nitrogens with one attached hydrogen (secondary N) is 2. The highest BCUT2D eigenvalue weighted by molar-refractivity contribution is 6.39. The Bertz CT molecular complexity index is 1860. The summed E-state index contributed by atoms with van der Waals surface area (Å²) in [7, 11) is 0. The molecule has 5 atom stereocenters. The Labute approximate surface area is 209 Å². The van der Waals surface area contributed by atoms with E-state index in [1.54, 1.807) is 0 Å². The molecule has 194 valence electrons. The molecule has 2 aromatic heterocycles. The number of aliphatic hydroxyl groups is 2. The minimum absolute atomic E-state index is 0.0479. The highest BCUT2D eigenvalue weighted by Gasteiger charge is 2.47. The van der Waals surface area contributed by atoms with E-state index >= 15 is 0 Å². The van der Waals surface area contributed by atoms with E-state index in [9.17, 15) is 37.4 Å². The number of fused-ring (bicyclic) bond motifs is 10. The number of benzene rings is 3. The summed E-state index contributed by atoms with van der Waals surface area (Å²) in [5.41, 5.74) is 0.792. The van der Waals surface area contributed by atoms with Gasteiger partial charge in [0.1, 0.15) is 36.6 Å². The van der Waals surface area contributed by atoms with Crippen molar-refractivity contribution in [3.05, 3.63) is 59.2 Å². The van der Waals surface area contributed by atoms with Crippen molar-refractivity contribution in [1.29, 1.82) is 0 Å². The van der Waals surface area contributed by atoms with Crippen LogP contribution in [-0.4, -0.2) is 62.7 Å². The predicted octanol–water partition coefficient (Wildman–Crippen LogP) is 3.52. The van der Waals surface area contributed by atoms with Crippen LogP contribution in [0.1, 0.15) is 26.9 Å². The molecule has 0 saturated carbocycles. The number of rotatable bonds is 2. The number of imide groups is 1. The number of hydrogen-bond acceptors (Lipinski definition) is 5. The molecule has 0 bridgehead atoms. The quantitative estimate of drug-likeness (QED) is 0.207. The van der Waals surface area contributed by atoms with Gasteiger partial charge in [-0.1, -0.05) is 0 Å². The summed E-state index contributed by atoms with van der Waals surface area (Å²) >= 11 is 0. The maximum atomic E-state index is 14.5. The molecule has 0 aliphatic carbocycles. The molecule has 1 saturated heterocycles. The van der Waals surface area contributed by atoms with Crippen LogP contribution in [0.3, 0.4) is 0 Å². The Hall–Kier alpha value is -4.00. The van der Waals surface area contributed by atoms with E-state index in [1.807, 2.05) is 0 Å². The number of halogens is 4. The maximum absolute atomic E-state index is 14.5. The van der Waals surface area contributed by atoms with Crippen LogP contribution < -0.4 is 5.32 Å². The lowest BCUT2D eigenvalue weighted by atomic mass is 9.96. The number of ether oxygens (including phenoxy) is 1.